The van der Waals surface area contributed by atoms with E-state index in [4.69, 9.17) is 4.74 Å². The van der Waals surface area contributed by atoms with E-state index < -0.39 is 5.41 Å². The number of piperidine rings is 3. The van der Waals surface area contributed by atoms with Crippen LogP contribution in [0.5, 0.6) is 0 Å². The van der Waals surface area contributed by atoms with Gasteiger partial charge in [-0.1, -0.05) is 37.3 Å². The molecule has 3 aliphatic heterocycles. The lowest BCUT2D eigenvalue weighted by atomic mass is 9.78. The Morgan fingerprint density at radius 1 is 1.29 bits per heavy atom. The van der Waals surface area contributed by atoms with Crippen LogP contribution in [0.4, 0.5) is 0 Å². The van der Waals surface area contributed by atoms with E-state index in [2.05, 4.69) is 7.05 Å². The fourth-order valence-electron chi connectivity index (χ4n) is 4.22. The molecule has 0 aromatic heterocycles. The summed E-state index contributed by atoms with van der Waals surface area (Å²) in [5.74, 6) is 0.224. The van der Waals surface area contributed by atoms with Crippen LogP contribution in [0.15, 0.2) is 30.3 Å². The molecule has 0 spiro atoms. The largest absolute Gasteiger partial charge is 1.00 e. The lowest BCUT2D eigenvalue weighted by Crippen LogP contribution is -3.00. The zero-order valence-corrected chi connectivity index (χ0v) is 16.7. The topological polar surface area (TPSA) is 46.5 Å². The first-order chi connectivity index (χ1) is 11.0. The molecule has 5 heteroatoms. The standard InChI is InChI=1S/C19H28NO3.HI/c1-3-19(14-21,16-7-5-4-6-8-16)18(22)23-17-13-20(2)11-9-15(17)10-12-20;/h4-8,15,17,21H,3,9-14H2,1-2H3;1H/q+1;/p-1. The first-order valence-electron chi connectivity index (χ1n) is 8.74. The molecule has 2 bridgehead atoms. The Bertz CT molecular complexity index is 551. The van der Waals surface area contributed by atoms with Crippen molar-refractivity contribution in [3.8, 4) is 0 Å². The Morgan fingerprint density at radius 3 is 2.42 bits per heavy atom. The van der Waals surface area contributed by atoms with Crippen molar-refractivity contribution in [3.63, 3.8) is 0 Å². The Balaban J connectivity index is 0.00000208. The summed E-state index contributed by atoms with van der Waals surface area (Å²) in [7, 11) is 2.26. The molecule has 0 saturated carbocycles. The van der Waals surface area contributed by atoms with Crippen molar-refractivity contribution in [1.29, 1.82) is 0 Å². The number of fused-ring (bicyclic) bond motifs is 3. The lowest BCUT2D eigenvalue weighted by molar-refractivity contribution is -0.928. The minimum Gasteiger partial charge on any atom is -1.00 e. The van der Waals surface area contributed by atoms with E-state index >= 15 is 0 Å². The highest BCUT2D eigenvalue weighted by atomic mass is 127. The molecule has 4 nitrogen and oxygen atoms in total. The molecule has 2 unspecified atom stereocenters. The van der Waals surface area contributed by atoms with Gasteiger partial charge < -0.3 is 38.3 Å². The Hall–Kier alpha value is -0.660. The smallest absolute Gasteiger partial charge is 0.319 e. The normalized spacial score (nSPS) is 31.0. The summed E-state index contributed by atoms with van der Waals surface area (Å²) in [6.07, 6.45) is 2.81. The number of ether oxygens (including phenoxy) is 1. The average Bonchev–Trinajstić information content (AvgIpc) is 2.57. The van der Waals surface area contributed by atoms with Crippen LogP contribution in [-0.4, -0.2) is 55.0 Å². The summed E-state index contributed by atoms with van der Waals surface area (Å²) in [6, 6.07) is 9.55. The fourth-order valence-corrected chi connectivity index (χ4v) is 4.22. The zero-order valence-electron chi connectivity index (χ0n) is 14.6. The van der Waals surface area contributed by atoms with Gasteiger partial charge >= 0.3 is 5.97 Å². The third-order valence-electron chi connectivity index (χ3n) is 6.07. The van der Waals surface area contributed by atoms with Gasteiger partial charge in [0.1, 0.15) is 12.0 Å². The van der Waals surface area contributed by atoms with Crippen LogP contribution in [0.1, 0.15) is 31.7 Å². The van der Waals surface area contributed by atoms with Gasteiger partial charge in [-0.3, -0.25) is 4.79 Å². The highest BCUT2D eigenvalue weighted by molar-refractivity contribution is 5.83. The molecule has 4 rings (SSSR count). The highest BCUT2D eigenvalue weighted by Gasteiger charge is 2.48. The number of halogens is 1. The molecular weight excluding hydrogens is 417 g/mol. The minimum absolute atomic E-state index is 0. The van der Waals surface area contributed by atoms with Crippen molar-refractivity contribution in [2.45, 2.75) is 37.7 Å². The number of hydrogen-bond donors (Lipinski definition) is 1. The van der Waals surface area contributed by atoms with E-state index in [1.165, 1.54) is 13.1 Å². The molecular formula is C19H28INO3. The number of carbonyl (C=O) groups excluding carboxylic acids is 1. The summed E-state index contributed by atoms with van der Waals surface area (Å²) < 4.78 is 6.99. The van der Waals surface area contributed by atoms with Gasteiger partial charge in [-0.05, 0) is 12.0 Å². The molecule has 3 fully saturated rings. The lowest BCUT2D eigenvalue weighted by Gasteiger charge is -2.50. The molecule has 2 atom stereocenters. The van der Waals surface area contributed by atoms with Crippen LogP contribution in [-0.2, 0) is 14.9 Å². The summed E-state index contributed by atoms with van der Waals surface area (Å²) in [6.45, 7) is 5.02. The van der Waals surface area contributed by atoms with E-state index in [1.807, 2.05) is 37.3 Å². The number of nitrogens with zero attached hydrogens (tertiary/aromatic N) is 1. The van der Waals surface area contributed by atoms with Gasteiger partial charge in [-0.15, -0.1) is 0 Å². The van der Waals surface area contributed by atoms with E-state index in [0.29, 0.717) is 12.3 Å². The maximum absolute atomic E-state index is 13.0. The summed E-state index contributed by atoms with van der Waals surface area (Å²) in [4.78, 5) is 13.0. The fraction of sp³-hybridized carbons (Fsp3) is 0.632. The summed E-state index contributed by atoms with van der Waals surface area (Å²) >= 11 is 0. The first kappa shape index (κ1) is 19.7. The van der Waals surface area contributed by atoms with E-state index in [1.54, 1.807) is 0 Å². The minimum atomic E-state index is -0.939. The molecule has 134 valence electrons. The van der Waals surface area contributed by atoms with Crippen molar-refractivity contribution in [3.05, 3.63) is 35.9 Å². The van der Waals surface area contributed by atoms with Crippen molar-refractivity contribution >= 4 is 5.97 Å². The number of rotatable bonds is 5. The number of quaternary nitrogens is 1. The SMILES string of the molecule is CCC(CO)(C(=O)OC1C[N+]2(C)CCC1CC2)c1ccccc1.[I-]. The Labute approximate surface area is 161 Å². The van der Waals surface area contributed by atoms with E-state index in [-0.39, 0.29) is 42.7 Å². The van der Waals surface area contributed by atoms with Gasteiger partial charge in [0, 0.05) is 18.8 Å². The van der Waals surface area contributed by atoms with Gasteiger partial charge in [0.25, 0.3) is 0 Å². The molecule has 0 aliphatic carbocycles. The quantitative estimate of drug-likeness (QED) is 0.364. The van der Waals surface area contributed by atoms with Crippen molar-refractivity contribution < 1.29 is 43.1 Å². The number of aliphatic hydroxyl groups excluding tert-OH is 1. The van der Waals surface area contributed by atoms with Gasteiger partial charge in [-0.25, -0.2) is 0 Å². The van der Waals surface area contributed by atoms with Crippen LogP contribution in [0.3, 0.4) is 0 Å². The van der Waals surface area contributed by atoms with Crippen molar-refractivity contribution in [2.24, 2.45) is 5.92 Å². The van der Waals surface area contributed by atoms with Crippen LogP contribution in [0.25, 0.3) is 0 Å². The van der Waals surface area contributed by atoms with E-state index in [9.17, 15) is 9.90 Å². The number of esters is 1. The average molecular weight is 445 g/mol. The van der Waals surface area contributed by atoms with Gasteiger partial charge in [0.05, 0.1) is 26.7 Å². The molecule has 1 aromatic carbocycles. The maximum Gasteiger partial charge on any atom is 0.319 e. The molecule has 3 saturated heterocycles. The van der Waals surface area contributed by atoms with Gasteiger partial charge in [0.15, 0.2) is 6.10 Å². The number of likely N-dealkylation sites (N-methyl/N-ethyl adjacent to an activating group) is 1. The Morgan fingerprint density at radius 2 is 1.92 bits per heavy atom. The molecule has 3 heterocycles. The molecule has 0 radical (unpaired) electrons. The molecule has 1 N–H and O–H groups in total. The number of aliphatic hydroxyl groups is 1. The maximum atomic E-state index is 13.0. The monoisotopic (exact) mass is 445 g/mol. The summed E-state index contributed by atoms with van der Waals surface area (Å²) in [5.41, 5.74) is -0.0945. The number of carbonyl (C=O) groups is 1. The van der Waals surface area contributed by atoms with Crippen molar-refractivity contribution in [2.75, 3.05) is 33.3 Å². The third kappa shape index (κ3) is 3.48. The van der Waals surface area contributed by atoms with Crippen LogP contribution >= 0.6 is 0 Å². The highest BCUT2D eigenvalue weighted by Crippen LogP contribution is 2.36. The zero-order chi connectivity index (χ0) is 16.5. The van der Waals surface area contributed by atoms with Crippen LogP contribution in [0.2, 0.25) is 0 Å². The molecule has 3 aliphatic rings. The molecule has 1 aromatic rings. The van der Waals surface area contributed by atoms with E-state index in [0.717, 1.165) is 29.4 Å². The molecule has 24 heavy (non-hydrogen) atoms. The molecule has 0 amide bonds. The second kappa shape index (κ2) is 7.70. The Kier molecular flexibility index (Phi) is 6.31. The van der Waals surface area contributed by atoms with Crippen LogP contribution < -0.4 is 24.0 Å². The number of hydrogen-bond acceptors (Lipinski definition) is 3. The van der Waals surface area contributed by atoms with Crippen LogP contribution in [0, 0.1) is 5.92 Å². The first-order valence-corrected chi connectivity index (χ1v) is 8.74. The van der Waals surface area contributed by atoms with Crippen molar-refractivity contribution in [1.82, 2.24) is 0 Å². The third-order valence-corrected chi connectivity index (χ3v) is 6.07. The predicted molar refractivity (Wildman–Crippen MR) is 88.9 cm³/mol. The summed E-state index contributed by atoms with van der Waals surface area (Å²) in [5, 5.41) is 10.0. The van der Waals surface area contributed by atoms with Gasteiger partial charge in [-0.2, -0.15) is 0 Å². The second-order valence-electron chi connectivity index (χ2n) is 7.49. The predicted octanol–water partition coefficient (Wildman–Crippen LogP) is -0.887. The second-order valence-corrected chi connectivity index (χ2v) is 7.49. The number of benzene rings is 1. The van der Waals surface area contributed by atoms with Gasteiger partial charge in [0.2, 0.25) is 0 Å².